The fourth-order valence-corrected chi connectivity index (χ4v) is 3.33. The first kappa shape index (κ1) is 14.9. The summed E-state index contributed by atoms with van der Waals surface area (Å²) in [6, 6.07) is 9.97. The second-order valence-corrected chi connectivity index (χ2v) is 6.63. The lowest BCUT2D eigenvalue weighted by Crippen LogP contribution is -2.27. The molecule has 0 aliphatic rings. The van der Waals surface area contributed by atoms with Crippen molar-refractivity contribution in [3.8, 4) is 0 Å². The zero-order valence-electron chi connectivity index (χ0n) is 11.6. The van der Waals surface area contributed by atoms with Gasteiger partial charge in [0.15, 0.2) is 0 Å². The Bertz CT molecular complexity index is 582. The van der Waals surface area contributed by atoms with Crippen molar-refractivity contribution in [3.63, 3.8) is 0 Å². The summed E-state index contributed by atoms with van der Waals surface area (Å²) < 4.78 is 0. The Hall–Kier alpha value is -1.46. The second kappa shape index (κ2) is 6.81. The van der Waals surface area contributed by atoms with Crippen LogP contribution in [0.5, 0.6) is 0 Å². The Morgan fingerprint density at radius 3 is 2.90 bits per heavy atom. The molecule has 2 rings (SSSR count). The quantitative estimate of drug-likeness (QED) is 0.655. The fraction of sp³-hybridized carbons (Fsp3) is 0.267. The molecule has 0 radical (unpaired) electrons. The summed E-state index contributed by atoms with van der Waals surface area (Å²) in [7, 11) is 0. The van der Waals surface area contributed by atoms with E-state index in [4.69, 9.17) is 5.73 Å². The fourth-order valence-electron chi connectivity index (χ4n) is 1.83. The first-order chi connectivity index (χ1) is 9.56. The number of hydrogen-bond acceptors (Lipinski definition) is 4. The topological polar surface area (TPSA) is 55.1 Å². The van der Waals surface area contributed by atoms with Crippen LogP contribution in [0.25, 0.3) is 0 Å². The van der Waals surface area contributed by atoms with Crippen molar-refractivity contribution < 1.29 is 4.79 Å². The van der Waals surface area contributed by atoms with E-state index in [-0.39, 0.29) is 11.9 Å². The van der Waals surface area contributed by atoms with Crippen LogP contribution >= 0.6 is 23.1 Å². The molecule has 0 aliphatic heterocycles. The van der Waals surface area contributed by atoms with Crippen molar-refractivity contribution >= 4 is 34.7 Å². The molecule has 0 fully saturated rings. The molecular formula is C15H18N2OS2. The first-order valence-electron chi connectivity index (χ1n) is 6.38. The van der Waals surface area contributed by atoms with Gasteiger partial charge in [-0.1, -0.05) is 12.1 Å². The van der Waals surface area contributed by atoms with E-state index in [0.29, 0.717) is 5.75 Å². The van der Waals surface area contributed by atoms with E-state index < -0.39 is 0 Å². The van der Waals surface area contributed by atoms with Crippen molar-refractivity contribution in [1.82, 2.24) is 5.32 Å². The molecule has 3 nitrogen and oxygen atoms in total. The van der Waals surface area contributed by atoms with Gasteiger partial charge in [-0.3, -0.25) is 4.79 Å². The van der Waals surface area contributed by atoms with Crippen LogP contribution in [0.1, 0.15) is 23.4 Å². The van der Waals surface area contributed by atoms with E-state index in [2.05, 4.69) is 5.32 Å². The average molecular weight is 306 g/mol. The smallest absolute Gasteiger partial charge is 0.230 e. The predicted molar refractivity (Wildman–Crippen MR) is 87.2 cm³/mol. The molecule has 3 N–H and O–H groups in total. The molecule has 0 spiro atoms. The van der Waals surface area contributed by atoms with Gasteiger partial charge < -0.3 is 11.1 Å². The number of amides is 1. The number of thioether (sulfide) groups is 1. The molecule has 0 aliphatic carbocycles. The van der Waals surface area contributed by atoms with Crippen LogP contribution in [0.2, 0.25) is 0 Å². The van der Waals surface area contributed by atoms with Crippen LogP contribution in [0, 0.1) is 6.92 Å². The first-order valence-corrected chi connectivity index (χ1v) is 8.24. The second-order valence-electron chi connectivity index (χ2n) is 4.63. The van der Waals surface area contributed by atoms with Gasteiger partial charge in [0, 0.05) is 15.5 Å². The van der Waals surface area contributed by atoms with Crippen molar-refractivity contribution in [2.24, 2.45) is 0 Å². The highest BCUT2D eigenvalue weighted by Crippen LogP contribution is 2.26. The summed E-state index contributed by atoms with van der Waals surface area (Å²) in [5.41, 5.74) is 7.79. The Morgan fingerprint density at radius 1 is 1.45 bits per heavy atom. The van der Waals surface area contributed by atoms with Gasteiger partial charge in [-0.25, -0.2) is 0 Å². The van der Waals surface area contributed by atoms with E-state index in [1.807, 2.05) is 49.6 Å². The van der Waals surface area contributed by atoms with Crippen molar-refractivity contribution in [3.05, 3.63) is 46.2 Å². The summed E-state index contributed by atoms with van der Waals surface area (Å²) in [5, 5.41) is 5.01. The van der Waals surface area contributed by atoms with Crippen LogP contribution in [0.3, 0.4) is 0 Å². The van der Waals surface area contributed by atoms with E-state index in [9.17, 15) is 4.79 Å². The third-order valence-corrected chi connectivity index (χ3v) is 5.02. The van der Waals surface area contributed by atoms with Crippen molar-refractivity contribution in [1.29, 1.82) is 0 Å². The highest BCUT2D eigenvalue weighted by atomic mass is 32.2. The molecule has 0 bridgehead atoms. The number of aryl methyl sites for hydroxylation is 1. The van der Waals surface area contributed by atoms with E-state index in [0.717, 1.165) is 21.0 Å². The largest absolute Gasteiger partial charge is 0.398 e. The zero-order chi connectivity index (χ0) is 14.5. The maximum absolute atomic E-state index is 11.9. The van der Waals surface area contributed by atoms with E-state index in [1.165, 1.54) is 11.8 Å². The lowest BCUT2D eigenvalue weighted by atomic mass is 10.2. The molecule has 0 saturated heterocycles. The van der Waals surface area contributed by atoms with Gasteiger partial charge in [-0.2, -0.15) is 0 Å². The number of nitrogen functional groups attached to an aromatic ring is 1. The summed E-state index contributed by atoms with van der Waals surface area (Å²) in [5.74, 6) is 0.402. The normalized spacial score (nSPS) is 12.1. The van der Waals surface area contributed by atoms with Crippen LogP contribution < -0.4 is 11.1 Å². The molecule has 1 unspecified atom stereocenters. The standard InChI is InChI=1S/C15H18N2OS2/c1-10-5-6-14(12(16)8-10)20-9-15(18)17-11(2)13-4-3-7-19-13/h3-8,11H,9,16H2,1-2H3,(H,17,18). The number of nitrogens with one attached hydrogen (secondary N) is 1. The highest BCUT2D eigenvalue weighted by molar-refractivity contribution is 8.00. The van der Waals surface area contributed by atoms with E-state index >= 15 is 0 Å². The minimum Gasteiger partial charge on any atom is -0.398 e. The van der Waals surface area contributed by atoms with Gasteiger partial charge in [0.1, 0.15) is 0 Å². The van der Waals surface area contributed by atoms with Crippen LogP contribution in [-0.2, 0) is 4.79 Å². The summed E-state index contributed by atoms with van der Waals surface area (Å²) in [4.78, 5) is 14.1. The lowest BCUT2D eigenvalue weighted by Gasteiger charge is -2.12. The molecule has 1 aromatic carbocycles. The zero-order valence-corrected chi connectivity index (χ0v) is 13.2. The van der Waals surface area contributed by atoms with Crippen LogP contribution in [0.4, 0.5) is 5.69 Å². The summed E-state index contributed by atoms with van der Waals surface area (Å²) in [6.45, 7) is 3.99. The van der Waals surface area contributed by atoms with Gasteiger partial charge in [0.05, 0.1) is 11.8 Å². The molecule has 5 heteroatoms. The average Bonchev–Trinajstić information content (AvgIpc) is 2.91. The maximum Gasteiger partial charge on any atom is 0.230 e. The molecule has 1 atom stereocenters. The van der Waals surface area contributed by atoms with Crippen molar-refractivity contribution in [2.75, 3.05) is 11.5 Å². The minimum absolute atomic E-state index is 0.0240. The monoisotopic (exact) mass is 306 g/mol. The van der Waals surface area contributed by atoms with Crippen molar-refractivity contribution in [2.45, 2.75) is 24.8 Å². The number of hydrogen-bond donors (Lipinski definition) is 2. The van der Waals surface area contributed by atoms with Gasteiger partial charge in [-0.05, 0) is 43.0 Å². The molecule has 1 aromatic heterocycles. The van der Waals surface area contributed by atoms with Gasteiger partial charge >= 0.3 is 0 Å². The van der Waals surface area contributed by atoms with Gasteiger partial charge in [-0.15, -0.1) is 23.1 Å². The maximum atomic E-state index is 11.9. The number of carbonyl (C=O) groups excluding carboxylic acids is 1. The number of thiophene rings is 1. The molecule has 1 amide bonds. The molecule has 106 valence electrons. The van der Waals surface area contributed by atoms with Crippen LogP contribution in [-0.4, -0.2) is 11.7 Å². The summed E-state index contributed by atoms with van der Waals surface area (Å²) >= 11 is 3.12. The predicted octanol–water partition coefficient (Wildman–Crippen LogP) is 3.61. The number of nitrogens with two attached hydrogens (primary N) is 1. The third-order valence-electron chi connectivity index (χ3n) is 2.87. The molecule has 20 heavy (non-hydrogen) atoms. The SMILES string of the molecule is Cc1ccc(SCC(=O)NC(C)c2cccs2)c(N)c1. The Morgan fingerprint density at radius 2 is 2.25 bits per heavy atom. The summed E-state index contributed by atoms with van der Waals surface area (Å²) in [6.07, 6.45) is 0. The molecule has 2 aromatic rings. The highest BCUT2D eigenvalue weighted by Gasteiger charge is 2.11. The third kappa shape index (κ3) is 4.02. The minimum atomic E-state index is 0.0240. The molecule has 0 saturated carbocycles. The Balaban J connectivity index is 1.86. The van der Waals surface area contributed by atoms with Crippen LogP contribution in [0.15, 0.2) is 40.6 Å². The molecule has 1 heterocycles. The number of carbonyl (C=O) groups is 1. The number of rotatable bonds is 5. The molecular weight excluding hydrogens is 288 g/mol. The van der Waals surface area contributed by atoms with E-state index in [1.54, 1.807) is 11.3 Å². The van der Waals surface area contributed by atoms with Gasteiger partial charge in [0.2, 0.25) is 5.91 Å². The number of benzene rings is 1. The lowest BCUT2D eigenvalue weighted by molar-refractivity contribution is -0.119. The van der Waals surface area contributed by atoms with Gasteiger partial charge in [0.25, 0.3) is 0 Å². The number of anilines is 1. The Kier molecular flexibility index (Phi) is 5.09. The Labute approximate surface area is 127 Å².